The van der Waals surface area contributed by atoms with Crippen LogP contribution < -0.4 is 26.6 Å². The number of rotatable bonds is 12. The van der Waals surface area contributed by atoms with E-state index in [1.807, 2.05) is 18.7 Å². The highest BCUT2D eigenvalue weighted by atomic mass is 19.1. The molecule has 3 unspecified atom stereocenters. The summed E-state index contributed by atoms with van der Waals surface area (Å²) in [5.41, 5.74) is 4.94. The maximum absolute atomic E-state index is 14.3. The van der Waals surface area contributed by atoms with Crippen molar-refractivity contribution in [2.75, 3.05) is 37.6 Å². The SMILES string of the molecule is CC(C)C(NC(=O)NC(C(=O)N1CCC[C@H]1C(=O)NC(CC1CC1)C(=O)C(N)=O)C(C)(C)C)C(=O)N1CCN(c2ccccc2F)CC1.CCC. The zero-order chi connectivity index (χ0) is 38.0. The van der Waals surface area contributed by atoms with E-state index >= 15 is 0 Å². The van der Waals surface area contributed by atoms with E-state index in [0.717, 1.165) is 12.8 Å². The summed E-state index contributed by atoms with van der Waals surface area (Å²) in [7, 11) is 0. The number of anilines is 1. The van der Waals surface area contributed by atoms with Gasteiger partial charge in [0.2, 0.25) is 23.5 Å². The van der Waals surface area contributed by atoms with E-state index in [2.05, 4.69) is 29.8 Å². The fourth-order valence-electron chi connectivity index (χ4n) is 6.38. The molecule has 1 saturated carbocycles. The number of benzene rings is 1. The molecule has 6 amide bonds. The van der Waals surface area contributed by atoms with Crippen LogP contribution in [-0.4, -0.2) is 102 Å². The van der Waals surface area contributed by atoms with Crippen molar-refractivity contribution in [3.05, 3.63) is 30.1 Å². The lowest BCUT2D eigenvalue weighted by atomic mass is 9.85. The standard InChI is InChI=1S/C34H50FN7O6.C3H8/c1-20(2)26(31(46)41-17-15-40(16-18-41)24-10-7-6-9-22(24)35)38-33(48)39-28(34(3,4)5)32(47)42-14-8-11-25(42)30(45)37-23(19-21-12-13-21)27(43)29(36)44;1-3-2/h6-7,9-10,20-21,23,25-26,28H,8,11-19H2,1-5H3,(H2,36,44)(H,37,45)(H2,38,39,48);3H2,1-2H3/t23?,25-,26?,28?;/m0./s1. The predicted octanol–water partition coefficient (Wildman–Crippen LogP) is 2.96. The first kappa shape index (κ1) is 41.2. The van der Waals surface area contributed by atoms with Crippen molar-refractivity contribution in [2.24, 2.45) is 23.0 Å². The molecule has 4 atom stereocenters. The number of nitrogens with zero attached hydrogens (tertiary/aromatic N) is 3. The van der Waals surface area contributed by atoms with E-state index in [-0.39, 0.29) is 30.1 Å². The molecule has 0 aromatic heterocycles. The Hall–Kier alpha value is -4.23. The minimum atomic E-state index is -1.12. The van der Waals surface area contributed by atoms with Gasteiger partial charge in [-0.3, -0.25) is 24.0 Å². The monoisotopic (exact) mass is 715 g/mol. The second kappa shape index (κ2) is 18.3. The normalized spacial score (nSPS) is 19.3. The molecule has 51 heavy (non-hydrogen) atoms. The molecule has 5 N–H and O–H groups in total. The van der Waals surface area contributed by atoms with E-state index in [1.54, 1.807) is 43.9 Å². The summed E-state index contributed by atoms with van der Waals surface area (Å²) in [6.45, 7) is 15.1. The first-order chi connectivity index (χ1) is 24.0. The Labute approximate surface area is 301 Å². The summed E-state index contributed by atoms with van der Waals surface area (Å²) in [6, 6.07) is 1.94. The van der Waals surface area contributed by atoms with Crippen molar-refractivity contribution in [2.45, 2.75) is 111 Å². The van der Waals surface area contributed by atoms with Gasteiger partial charge in [0.25, 0.3) is 5.91 Å². The average molecular weight is 716 g/mol. The van der Waals surface area contributed by atoms with Gasteiger partial charge in [0.15, 0.2) is 0 Å². The second-order valence-electron chi connectivity index (χ2n) is 15.3. The molecule has 2 heterocycles. The van der Waals surface area contributed by atoms with Gasteiger partial charge < -0.3 is 36.4 Å². The number of para-hydroxylation sites is 1. The number of amides is 6. The van der Waals surface area contributed by atoms with Gasteiger partial charge in [0.05, 0.1) is 11.7 Å². The molecule has 2 saturated heterocycles. The number of urea groups is 1. The van der Waals surface area contributed by atoms with Gasteiger partial charge in [-0.05, 0) is 48.6 Å². The lowest BCUT2D eigenvalue weighted by Crippen LogP contribution is -2.62. The minimum absolute atomic E-state index is 0.234. The summed E-state index contributed by atoms with van der Waals surface area (Å²) in [6.07, 6.45) is 4.27. The molecule has 0 spiro atoms. The zero-order valence-corrected chi connectivity index (χ0v) is 31.3. The highest BCUT2D eigenvalue weighted by Crippen LogP contribution is 2.34. The third-order valence-corrected chi connectivity index (χ3v) is 9.37. The highest BCUT2D eigenvalue weighted by Gasteiger charge is 2.44. The molecule has 1 aliphatic carbocycles. The number of primary amides is 1. The number of hydrogen-bond acceptors (Lipinski definition) is 7. The summed E-state index contributed by atoms with van der Waals surface area (Å²) in [4.78, 5) is 83.4. The van der Waals surface area contributed by atoms with Crippen LogP contribution in [0.3, 0.4) is 0 Å². The molecule has 284 valence electrons. The van der Waals surface area contributed by atoms with Crippen LogP contribution in [0.2, 0.25) is 0 Å². The van der Waals surface area contributed by atoms with E-state index in [0.29, 0.717) is 51.1 Å². The number of carbonyl (C=O) groups excluding carboxylic acids is 6. The smallest absolute Gasteiger partial charge is 0.316 e. The molecular formula is C37H58FN7O6. The Morgan fingerprint density at radius 1 is 0.882 bits per heavy atom. The molecular weight excluding hydrogens is 657 g/mol. The van der Waals surface area contributed by atoms with Crippen molar-refractivity contribution in [1.29, 1.82) is 0 Å². The van der Waals surface area contributed by atoms with Crippen LogP contribution in [0, 0.1) is 23.1 Å². The molecule has 14 heteroatoms. The van der Waals surface area contributed by atoms with Crippen molar-refractivity contribution < 1.29 is 33.2 Å². The maximum Gasteiger partial charge on any atom is 0.316 e. The summed E-state index contributed by atoms with van der Waals surface area (Å²) in [5, 5.41) is 8.21. The molecule has 2 aliphatic heterocycles. The van der Waals surface area contributed by atoms with Crippen LogP contribution in [0.4, 0.5) is 14.9 Å². The van der Waals surface area contributed by atoms with Crippen molar-refractivity contribution in [3.8, 4) is 0 Å². The summed E-state index contributed by atoms with van der Waals surface area (Å²) >= 11 is 0. The summed E-state index contributed by atoms with van der Waals surface area (Å²) < 4.78 is 14.3. The lowest BCUT2D eigenvalue weighted by molar-refractivity contribution is -0.143. The molecule has 0 bridgehead atoms. The molecule has 0 radical (unpaired) electrons. The minimum Gasteiger partial charge on any atom is -0.366 e. The third kappa shape index (κ3) is 11.4. The van der Waals surface area contributed by atoms with Crippen LogP contribution in [0.5, 0.6) is 0 Å². The van der Waals surface area contributed by atoms with Gasteiger partial charge in [-0.1, -0.05) is 79.9 Å². The van der Waals surface area contributed by atoms with Gasteiger partial charge in [-0.2, -0.15) is 0 Å². The van der Waals surface area contributed by atoms with E-state index < -0.39 is 59.1 Å². The molecule has 3 aliphatic rings. The third-order valence-electron chi connectivity index (χ3n) is 9.37. The number of piperazine rings is 1. The van der Waals surface area contributed by atoms with E-state index in [4.69, 9.17) is 5.73 Å². The topological polar surface area (TPSA) is 174 Å². The zero-order valence-electron chi connectivity index (χ0n) is 31.3. The Kier molecular flexibility index (Phi) is 14.8. The molecule has 13 nitrogen and oxygen atoms in total. The maximum atomic E-state index is 14.3. The van der Waals surface area contributed by atoms with E-state index in [1.165, 1.54) is 17.4 Å². The van der Waals surface area contributed by atoms with Crippen LogP contribution in [0.15, 0.2) is 24.3 Å². The number of hydrogen-bond donors (Lipinski definition) is 4. The van der Waals surface area contributed by atoms with Crippen molar-refractivity contribution in [3.63, 3.8) is 0 Å². The summed E-state index contributed by atoms with van der Waals surface area (Å²) in [5.74, 6) is -3.62. The fourth-order valence-corrected chi connectivity index (χ4v) is 6.38. The first-order valence-corrected chi connectivity index (χ1v) is 18.3. The Morgan fingerprint density at radius 2 is 1.49 bits per heavy atom. The number of Topliss-reactive ketones (excluding diaryl/α,β-unsaturated/α-hetero) is 1. The van der Waals surface area contributed by atoms with Crippen LogP contribution >= 0.6 is 0 Å². The Morgan fingerprint density at radius 3 is 2.02 bits per heavy atom. The molecule has 1 aromatic rings. The van der Waals surface area contributed by atoms with Crippen LogP contribution in [0.25, 0.3) is 0 Å². The highest BCUT2D eigenvalue weighted by molar-refractivity contribution is 6.37. The van der Waals surface area contributed by atoms with Gasteiger partial charge in [-0.25, -0.2) is 9.18 Å². The quantitative estimate of drug-likeness (QED) is 0.241. The number of nitrogens with two attached hydrogens (primary N) is 1. The first-order valence-electron chi connectivity index (χ1n) is 18.3. The van der Waals surface area contributed by atoms with Crippen molar-refractivity contribution in [1.82, 2.24) is 25.8 Å². The van der Waals surface area contributed by atoms with Gasteiger partial charge in [0, 0.05) is 32.7 Å². The fraction of sp³-hybridized carbons (Fsp3) is 0.676. The number of carbonyl (C=O) groups is 6. The molecule has 3 fully saturated rings. The number of ketones is 1. The lowest BCUT2D eigenvalue weighted by Gasteiger charge is -2.39. The predicted molar refractivity (Wildman–Crippen MR) is 193 cm³/mol. The van der Waals surface area contributed by atoms with Gasteiger partial charge in [0.1, 0.15) is 23.9 Å². The van der Waals surface area contributed by atoms with Gasteiger partial charge in [-0.15, -0.1) is 0 Å². The number of likely N-dealkylation sites (tertiary alicyclic amines) is 1. The average Bonchev–Trinajstić information content (AvgIpc) is 3.75. The van der Waals surface area contributed by atoms with Crippen LogP contribution in [-0.2, 0) is 24.0 Å². The van der Waals surface area contributed by atoms with E-state index in [9.17, 15) is 33.2 Å². The second-order valence-corrected chi connectivity index (χ2v) is 15.3. The van der Waals surface area contributed by atoms with Crippen molar-refractivity contribution >= 4 is 41.1 Å². The molecule has 1 aromatic carbocycles. The largest absolute Gasteiger partial charge is 0.366 e. The van der Waals surface area contributed by atoms with Gasteiger partial charge >= 0.3 is 6.03 Å². The molecule has 4 rings (SSSR count). The number of halogens is 1. The van der Waals surface area contributed by atoms with Crippen LogP contribution in [0.1, 0.15) is 87.0 Å². The number of nitrogens with one attached hydrogen (secondary N) is 3. The Bertz CT molecular complexity index is 1400. The Balaban J connectivity index is 0.00000226.